The molecule has 0 spiro atoms. The maximum Gasteiger partial charge on any atom is 0.225 e. The van der Waals surface area contributed by atoms with Crippen LogP contribution in [0, 0.1) is 0 Å². The largest absolute Gasteiger partial charge is 0.345 e. The van der Waals surface area contributed by atoms with Crippen LogP contribution in [-0.4, -0.2) is 24.9 Å². The van der Waals surface area contributed by atoms with Gasteiger partial charge in [0, 0.05) is 5.33 Å². The third-order valence-corrected chi connectivity index (χ3v) is 0.831. The summed E-state index contributed by atoms with van der Waals surface area (Å²) in [5.74, 6) is 0. The second-order valence-corrected chi connectivity index (χ2v) is 1.93. The van der Waals surface area contributed by atoms with E-state index in [-0.39, 0.29) is 6.61 Å². The number of alkyl halides is 2. The van der Waals surface area contributed by atoms with Gasteiger partial charge in [0.05, 0.1) is 6.61 Å². The van der Waals surface area contributed by atoms with Gasteiger partial charge in [-0.3, -0.25) is 0 Å². The first-order chi connectivity index (χ1) is 3.81. The van der Waals surface area contributed by atoms with Gasteiger partial charge < -0.3 is 4.74 Å². The van der Waals surface area contributed by atoms with Crippen LogP contribution in [0.4, 0.5) is 4.39 Å². The van der Waals surface area contributed by atoms with Gasteiger partial charge in [-0.25, -0.2) is 9.50 Å². The zero-order chi connectivity index (χ0) is 6.41. The van der Waals surface area contributed by atoms with Crippen molar-refractivity contribution in [3.05, 3.63) is 0 Å². The SMILES string of the molecule is [O]CC(F)OCCBr. The lowest BCUT2D eigenvalue weighted by molar-refractivity contribution is -0.0796. The highest BCUT2D eigenvalue weighted by Crippen LogP contribution is 1.92. The zero-order valence-corrected chi connectivity index (χ0v) is 5.86. The molecule has 0 aliphatic carbocycles. The van der Waals surface area contributed by atoms with Crippen LogP contribution in [0.1, 0.15) is 0 Å². The lowest BCUT2D eigenvalue weighted by atomic mass is 10.7. The first-order valence-corrected chi connectivity index (χ1v) is 3.33. The first-order valence-electron chi connectivity index (χ1n) is 2.21. The summed E-state index contributed by atoms with van der Waals surface area (Å²) in [5.41, 5.74) is 0. The molecular formula is C4H7BrFO2. The minimum atomic E-state index is -1.63. The van der Waals surface area contributed by atoms with Gasteiger partial charge in [0.15, 0.2) is 0 Å². The van der Waals surface area contributed by atoms with E-state index in [2.05, 4.69) is 20.7 Å². The Labute approximate surface area is 55.8 Å². The van der Waals surface area contributed by atoms with E-state index in [4.69, 9.17) is 0 Å². The van der Waals surface area contributed by atoms with Crippen LogP contribution in [0.15, 0.2) is 0 Å². The van der Waals surface area contributed by atoms with Crippen molar-refractivity contribution in [2.45, 2.75) is 6.36 Å². The van der Waals surface area contributed by atoms with Crippen LogP contribution < -0.4 is 0 Å². The molecule has 0 aromatic rings. The summed E-state index contributed by atoms with van der Waals surface area (Å²) in [4.78, 5) is 0. The molecule has 8 heavy (non-hydrogen) atoms. The summed E-state index contributed by atoms with van der Waals surface area (Å²) < 4.78 is 16.1. The van der Waals surface area contributed by atoms with Crippen LogP contribution in [-0.2, 0) is 9.84 Å². The number of halogens is 2. The normalized spacial score (nSPS) is 13.9. The van der Waals surface area contributed by atoms with E-state index < -0.39 is 13.0 Å². The predicted molar refractivity (Wildman–Crippen MR) is 30.2 cm³/mol. The molecule has 0 saturated heterocycles. The highest BCUT2D eigenvalue weighted by atomic mass is 79.9. The molecule has 1 radical (unpaired) electrons. The minimum absolute atomic E-state index is 0.253. The molecule has 0 aromatic carbocycles. The molecule has 0 fully saturated rings. The highest BCUT2D eigenvalue weighted by Gasteiger charge is 2.01. The van der Waals surface area contributed by atoms with E-state index >= 15 is 0 Å². The average Bonchev–Trinajstić information content (AvgIpc) is 1.83. The number of hydrogen-bond acceptors (Lipinski definition) is 1. The van der Waals surface area contributed by atoms with E-state index in [1.54, 1.807) is 0 Å². The van der Waals surface area contributed by atoms with E-state index in [9.17, 15) is 9.50 Å². The molecule has 1 atom stereocenters. The number of ether oxygens (including phenoxy) is 1. The zero-order valence-electron chi connectivity index (χ0n) is 4.27. The second-order valence-electron chi connectivity index (χ2n) is 1.14. The van der Waals surface area contributed by atoms with Crippen LogP contribution in [0.5, 0.6) is 0 Å². The summed E-state index contributed by atoms with van der Waals surface area (Å²) >= 11 is 3.01. The van der Waals surface area contributed by atoms with Crippen molar-refractivity contribution in [1.29, 1.82) is 0 Å². The Morgan fingerprint density at radius 3 is 2.75 bits per heavy atom. The van der Waals surface area contributed by atoms with Crippen molar-refractivity contribution in [3.63, 3.8) is 0 Å². The van der Waals surface area contributed by atoms with Crippen molar-refractivity contribution >= 4 is 15.9 Å². The van der Waals surface area contributed by atoms with Crippen LogP contribution in [0.3, 0.4) is 0 Å². The predicted octanol–water partition coefficient (Wildman–Crippen LogP) is 1.12. The fourth-order valence-electron chi connectivity index (χ4n) is 0.221. The lowest BCUT2D eigenvalue weighted by Gasteiger charge is -2.01. The number of hydrogen-bond donors (Lipinski definition) is 0. The fourth-order valence-corrected chi connectivity index (χ4v) is 0.407. The molecule has 2 nitrogen and oxygen atoms in total. The molecule has 1 unspecified atom stereocenters. The Morgan fingerprint density at radius 2 is 2.38 bits per heavy atom. The Morgan fingerprint density at radius 1 is 1.75 bits per heavy atom. The van der Waals surface area contributed by atoms with E-state index in [1.165, 1.54) is 0 Å². The summed E-state index contributed by atoms with van der Waals surface area (Å²) in [6.07, 6.45) is -1.63. The van der Waals surface area contributed by atoms with Gasteiger partial charge in [0.2, 0.25) is 6.36 Å². The molecule has 0 aliphatic rings. The molecule has 49 valence electrons. The molecule has 4 heteroatoms. The third kappa shape index (κ3) is 4.49. The summed E-state index contributed by atoms with van der Waals surface area (Å²) in [6.45, 7) is -0.559. The van der Waals surface area contributed by atoms with Gasteiger partial charge in [-0.2, -0.15) is 0 Å². The van der Waals surface area contributed by atoms with Crippen molar-refractivity contribution in [1.82, 2.24) is 0 Å². The molecule has 0 aromatic heterocycles. The molecule has 0 aliphatic heterocycles. The third-order valence-electron chi connectivity index (χ3n) is 0.507. The van der Waals surface area contributed by atoms with Gasteiger partial charge in [0.1, 0.15) is 6.61 Å². The smallest absolute Gasteiger partial charge is 0.225 e. The minimum Gasteiger partial charge on any atom is -0.345 e. The average molecular weight is 186 g/mol. The van der Waals surface area contributed by atoms with Crippen molar-refractivity contribution < 1.29 is 14.2 Å². The van der Waals surface area contributed by atoms with Crippen molar-refractivity contribution in [2.24, 2.45) is 0 Å². The maximum absolute atomic E-state index is 11.8. The summed E-state index contributed by atoms with van der Waals surface area (Å²) in [7, 11) is 0. The first kappa shape index (κ1) is 8.33. The van der Waals surface area contributed by atoms with Gasteiger partial charge >= 0.3 is 0 Å². The lowest BCUT2D eigenvalue weighted by Crippen LogP contribution is -2.11. The van der Waals surface area contributed by atoms with Crippen LogP contribution >= 0.6 is 15.9 Å². The van der Waals surface area contributed by atoms with Gasteiger partial charge in [0.25, 0.3) is 0 Å². The molecule has 0 rings (SSSR count). The topological polar surface area (TPSA) is 29.1 Å². The Bertz CT molecular complexity index is 53.3. The molecule has 0 saturated carbocycles. The van der Waals surface area contributed by atoms with Gasteiger partial charge in [-0.1, -0.05) is 15.9 Å². The molecule has 0 bridgehead atoms. The van der Waals surface area contributed by atoms with Crippen LogP contribution in [0.2, 0.25) is 0 Å². The Balaban J connectivity index is 2.86. The molecule has 0 amide bonds. The summed E-state index contributed by atoms with van der Waals surface area (Å²) in [5, 5.41) is 10.2. The molecule has 0 heterocycles. The molecular weight excluding hydrogens is 179 g/mol. The standard InChI is InChI=1S/C4H7BrFO2/c5-1-2-8-4(6)3-7/h4H,1-3H2. The van der Waals surface area contributed by atoms with Crippen LogP contribution in [0.25, 0.3) is 0 Å². The monoisotopic (exact) mass is 185 g/mol. The summed E-state index contributed by atoms with van der Waals surface area (Å²) in [6, 6.07) is 0. The quantitative estimate of drug-likeness (QED) is 0.605. The second kappa shape index (κ2) is 5.47. The molecule has 0 N–H and O–H groups in total. The van der Waals surface area contributed by atoms with E-state index in [0.717, 1.165) is 0 Å². The van der Waals surface area contributed by atoms with Gasteiger partial charge in [-0.15, -0.1) is 0 Å². The fraction of sp³-hybridized carbons (Fsp3) is 1.00. The van der Waals surface area contributed by atoms with Gasteiger partial charge in [-0.05, 0) is 0 Å². The Hall–Kier alpha value is 0.330. The maximum atomic E-state index is 11.8. The van der Waals surface area contributed by atoms with Crippen molar-refractivity contribution in [3.8, 4) is 0 Å². The highest BCUT2D eigenvalue weighted by molar-refractivity contribution is 9.09. The Kier molecular flexibility index (Phi) is 5.69. The van der Waals surface area contributed by atoms with Crippen molar-refractivity contribution in [2.75, 3.05) is 18.5 Å². The van der Waals surface area contributed by atoms with E-state index in [0.29, 0.717) is 5.33 Å². The number of rotatable bonds is 4. The van der Waals surface area contributed by atoms with E-state index in [1.807, 2.05) is 0 Å².